The molecule has 2 amide bonds. The lowest BCUT2D eigenvalue weighted by molar-refractivity contribution is -0.0503. The van der Waals surface area contributed by atoms with Crippen molar-refractivity contribution in [2.24, 2.45) is 0 Å². The second-order valence-electron chi connectivity index (χ2n) is 7.05. The van der Waals surface area contributed by atoms with Gasteiger partial charge in [-0.3, -0.25) is 14.4 Å². The molecule has 1 aliphatic heterocycles. The van der Waals surface area contributed by atoms with Crippen LogP contribution in [0.5, 0.6) is 5.75 Å². The minimum Gasteiger partial charge on any atom is -0.434 e. The Morgan fingerprint density at radius 2 is 1.45 bits per heavy atom. The number of hydrogen-bond acceptors (Lipinski definition) is 4. The summed E-state index contributed by atoms with van der Waals surface area (Å²) in [5.74, 6) is -0.920. The summed E-state index contributed by atoms with van der Waals surface area (Å²) in [7, 11) is 0. The number of benzene rings is 2. The van der Waals surface area contributed by atoms with E-state index in [1.165, 1.54) is 29.2 Å². The average Bonchev–Trinajstić information content (AvgIpc) is 2.77. The molecular formula is C22H19F2N3O4. The topological polar surface area (TPSA) is 82.7 Å². The van der Waals surface area contributed by atoms with Crippen molar-refractivity contribution in [2.45, 2.75) is 6.61 Å². The van der Waals surface area contributed by atoms with E-state index in [0.29, 0.717) is 16.5 Å². The molecule has 0 spiro atoms. The van der Waals surface area contributed by atoms with Crippen molar-refractivity contribution < 1.29 is 23.1 Å². The van der Waals surface area contributed by atoms with E-state index in [-0.39, 0.29) is 49.0 Å². The first-order valence-electron chi connectivity index (χ1n) is 9.68. The number of carbonyl (C=O) groups is 2. The van der Waals surface area contributed by atoms with Crippen LogP contribution in [0.4, 0.5) is 8.78 Å². The molecule has 0 unspecified atom stereocenters. The van der Waals surface area contributed by atoms with E-state index in [1.807, 2.05) is 0 Å². The molecule has 0 radical (unpaired) electrons. The predicted octanol–water partition coefficient (Wildman–Crippen LogP) is 2.73. The van der Waals surface area contributed by atoms with Crippen LogP contribution in [0.3, 0.4) is 0 Å². The van der Waals surface area contributed by atoms with Crippen molar-refractivity contribution in [1.29, 1.82) is 0 Å². The minimum absolute atomic E-state index is 0.0446. The van der Waals surface area contributed by atoms with Gasteiger partial charge in [-0.1, -0.05) is 30.3 Å². The molecule has 2 heterocycles. The number of aromatic amines is 1. The van der Waals surface area contributed by atoms with Gasteiger partial charge in [0.1, 0.15) is 5.75 Å². The Kier molecular flexibility index (Phi) is 5.66. The van der Waals surface area contributed by atoms with E-state index in [9.17, 15) is 23.2 Å². The van der Waals surface area contributed by atoms with Gasteiger partial charge in [0.25, 0.3) is 11.8 Å². The van der Waals surface area contributed by atoms with E-state index < -0.39 is 12.5 Å². The third-order valence-corrected chi connectivity index (χ3v) is 5.17. The van der Waals surface area contributed by atoms with Crippen LogP contribution in [0.2, 0.25) is 0 Å². The molecule has 0 atom stereocenters. The van der Waals surface area contributed by atoms with Crippen LogP contribution in [-0.2, 0) is 0 Å². The number of ether oxygens (including phenoxy) is 1. The Morgan fingerprint density at radius 3 is 2.13 bits per heavy atom. The maximum Gasteiger partial charge on any atom is 0.387 e. The third kappa shape index (κ3) is 4.25. The number of piperazine rings is 1. The van der Waals surface area contributed by atoms with E-state index >= 15 is 0 Å². The number of carbonyl (C=O) groups excluding carboxylic acids is 2. The van der Waals surface area contributed by atoms with Gasteiger partial charge in [-0.05, 0) is 18.2 Å². The third-order valence-electron chi connectivity index (χ3n) is 5.17. The van der Waals surface area contributed by atoms with E-state index in [4.69, 9.17) is 0 Å². The van der Waals surface area contributed by atoms with Gasteiger partial charge in [0.2, 0.25) is 5.56 Å². The molecule has 0 bridgehead atoms. The van der Waals surface area contributed by atoms with Crippen molar-refractivity contribution >= 4 is 22.7 Å². The molecule has 1 N–H and O–H groups in total. The van der Waals surface area contributed by atoms with Gasteiger partial charge in [-0.2, -0.15) is 8.78 Å². The molecule has 4 rings (SSSR count). The van der Waals surface area contributed by atoms with E-state index in [0.717, 1.165) is 0 Å². The molecule has 31 heavy (non-hydrogen) atoms. The van der Waals surface area contributed by atoms with Crippen LogP contribution in [0.15, 0.2) is 59.4 Å². The van der Waals surface area contributed by atoms with Crippen LogP contribution in [0, 0.1) is 0 Å². The number of fused-ring (bicyclic) bond motifs is 1. The number of alkyl halides is 2. The number of H-pyrrole nitrogens is 1. The fourth-order valence-electron chi connectivity index (χ4n) is 3.68. The Morgan fingerprint density at radius 1 is 0.871 bits per heavy atom. The predicted molar refractivity (Wildman–Crippen MR) is 109 cm³/mol. The highest BCUT2D eigenvalue weighted by Crippen LogP contribution is 2.23. The average molecular weight is 427 g/mol. The first-order valence-corrected chi connectivity index (χ1v) is 9.68. The fourth-order valence-corrected chi connectivity index (χ4v) is 3.68. The van der Waals surface area contributed by atoms with Crippen LogP contribution >= 0.6 is 0 Å². The maximum absolute atomic E-state index is 13.1. The zero-order valence-corrected chi connectivity index (χ0v) is 16.4. The first kappa shape index (κ1) is 20.5. The highest BCUT2D eigenvalue weighted by Gasteiger charge is 2.28. The van der Waals surface area contributed by atoms with Crippen LogP contribution in [0.1, 0.15) is 20.7 Å². The lowest BCUT2D eigenvalue weighted by Crippen LogP contribution is -2.50. The van der Waals surface area contributed by atoms with E-state index in [2.05, 4.69) is 9.72 Å². The number of aromatic nitrogens is 1. The zero-order chi connectivity index (χ0) is 22.0. The van der Waals surface area contributed by atoms with Gasteiger partial charge in [0.15, 0.2) is 0 Å². The highest BCUT2D eigenvalue weighted by atomic mass is 19.3. The standard InChI is InChI=1S/C22H19F2N3O4/c23-22(24)31-18-8-4-2-6-15(18)20(29)26-9-11-27(12-10-26)21(30)16-13-19(28)25-17-7-3-1-5-14(16)17/h1-8,13,22H,9-12H2,(H,25,28). The molecule has 0 aliphatic carbocycles. The summed E-state index contributed by atoms with van der Waals surface area (Å²) in [6.07, 6.45) is 0. The SMILES string of the molecule is O=C(c1ccccc1OC(F)F)N1CCN(C(=O)c2cc(=O)[nH]c3ccccc23)CC1. The van der Waals surface area contributed by atoms with Crippen molar-refractivity contribution in [3.05, 3.63) is 76.1 Å². The van der Waals surface area contributed by atoms with Crippen LogP contribution in [-0.4, -0.2) is 59.4 Å². The number of nitrogens with one attached hydrogen (secondary N) is 1. The summed E-state index contributed by atoms with van der Waals surface area (Å²) < 4.78 is 29.7. The molecular weight excluding hydrogens is 408 g/mol. The van der Waals surface area contributed by atoms with Gasteiger partial charge in [-0.25, -0.2) is 0 Å². The number of hydrogen-bond donors (Lipinski definition) is 1. The molecule has 0 saturated carbocycles. The molecule has 3 aromatic rings. The van der Waals surface area contributed by atoms with Gasteiger partial charge in [-0.15, -0.1) is 0 Å². The summed E-state index contributed by atoms with van der Waals surface area (Å²) >= 11 is 0. The molecule has 9 heteroatoms. The number of amides is 2. The summed E-state index contributed by atoms with van der Waals surface area (Å²) in [5, 5.41) is 0.642. The molecule has 1 fully saturated rings. The molecule has 7 nitrogen and oxygen atoms in total. The number of rotatable bonds is 4. The Balaban J connectivity index is 1.49. The fraction of sp³-hybridized carbons (Fsp3) is 0.227. The van der Waals surface area contributed by atoms with Crippen molar-refractivity contribution in [3.8, 4) is 5.75 Å². The minimum atomic E-state index is -3.03. The van der Waals surface area contributed by atoms with Crippen LogP contribution < -0.4 is 10.3 Å². The summed E-state index contributed by atoms with van der Waals surface area (Å²) in [5.41, 5.74) is 0.548. The Bertz CT molecular complexity index is 1190. The summed E-state index contributed by atoms with van der Waals surface area (Å²) in [6, 6.07) is 14.2. The van der Waals surface area contributed by atoms with Crippen molar-refractivity contribution in [2.75, 3.05) is 26.2 Å². The summed E-state index contributed by atoms with van der Waals surface area (Å²) in [6.45, 7) is -2.07. The Hall–Kier alpha value is -3.75. The zero-order valence-electron chi connectivity index (χ0n) is 16.4. The maximum atomic E-state index is 13.1. The number of halogens is 2. The highest BCUT2D eigenvalue weighted by molar-refractivity contribution is 6.06. The summed E-state index contributed by atoms with van der Waals surface area (Å²) in [4.78, 5) is 43.6. The number of nitrogens with zero attached hydrogens (tertiary/aromatic N) is 2. The monoisotopic (exact) mass is 427 g/mol. The number of pyridine rings is 1. The molecule has 1 aliphatic rings. The number of para-hydroxylation sites is 2. The molecule has 1 aromatic heterocycles. The Labute approximate surface area is 175 Å². The largest absolute Gasteiger partial charge is 0.434 e. The van der Waals surface area contributed by atoms with Gasteiger partial charge >= 0.3 is 6.61 Å². The molecule has 2 aromatic carbocycles. The van der Waals surface area contributed by atoms with Gasteiger partial charge < -0.3 is 19.5 Å². The van der Waals surface area contributed by atoms with Crippen molar-refractivity contribution in [1.82, 2.24) is 14.8 Å². The molecule has 1 saturated heterocycles. The van der Waals surface area contributed by atoms with Gasteiger partial charge in [0.05, 0.1) is 11.1 Å². The smallest absolute Gasteiger partial charge is 0.387 e. The van der Waals surface area contributed by atoms with Crippen LogP contribution in [0.25, 0.3) is 10.9 Å². The van der Waals surface area contributed by atoms with Crippen molar-refractivity contribution in [3.63, 3.8) is 0 Å². The lowest BCUT2D eigenvalue weighted by atomic mass is 10.1. The van der Waals surface area contributed by atoms with E-state index in [1.54, 1.807) is 35.2 Å². The quantitative estimate of drug-likeness (QED) is 0.694. The second-order valence-corrected chi connectivity index (χ2v) is 7.05. The van der Waals surface area contributed by atoms with Gasteiger partial charge in [0, 0.05) is 43.1 Å². The normalized spacial score (nSPS) is 14.2. The first-order chi connectivity index (χ1) is 14.9. The second kappa shape index (κ2) is 8.55. The molecule has 160 valence electrons. The lowest BCUT2D eigenvalue weighted by Gasteiger charge is -2.35.